The molecule has 2 heterocycles. The van der Waals surface area contributed by atoms with Gasteiger partial charge < -0.3 is 10.2 Å². The Balaban J connectivity index is 1.75. The molecular weight excluding hydrogens is 366 g/mol. The van der Waals surface area contributed by atoms with E-state index in [2.05, 4.69) is 4.98 Å². The van der Waals surface area contributed by atoms with E-state index in [0.29, 0.717) is 17.3 Å². The van der Waals surface area contributed by atoms with Crippen LogP contribution in [-0.2, 0) is 21.2 Å². The lowest BCUT2D eigenvalue weighted by molar-refractivity contribution is -0.118. The van der Waals surface area contributed by atoms with Crippen molar-refractivity contribution in [2.24, 2.45) is 5.73 Å². The fourth-order valence-electron chi connectivity index (χ4n) is 3.28. The van der Waals surface area contributed by atoms with Crippen molar-refractivity contribution < 1.29 is 17.6 Å². The van der Waals surface area contributed by atoms with Gasteiger partial charge in [-0.3, -0.25) is 9.10 Å². The predicted octanol–water partition coefficient (Wildman–Crippen LogP) is 2.26. The minimum atomic E-state index is -3.95. The summed E-state index contributed by atoms with van der Waals surface area (Å²) in [6.07, 6.45) is 1.78. The maximum atomic E-state index is 13.2. The number of hydrogen-bond donors (Lipinski definition) is 1. The third kappa shape index (κ3) is 2.87. The molecule has 1 aliphatic rings. The Hall–Kier alpha value is -3.13. The average Bonchev–Trinajstić information content (AvgIpc) is 3.26. The number of para-hydroxylation sites is 1. The summed E-state index contributed by atoms with van der Waals surface area (Å²) in [5.74, 6) is -0.149. The van der Waals surface area contributed by atoms with Gasteiger partial charge in [0.1, 0.15) is 18.0 Å². The number of amides is 1. The number of sulfonamides is 1. The zero-order chi connectivity index (χ0) is 19.2. The number of fused-ring (bicyclic) bond motifs is 1. The molecule has 4 rings (SSSR count). The average molecular weight is 383 g/mol. The molecule has 1 aromatic heterocycles. The summed E-state index contributed by atoms with van der Waals surface area (Å²) < 4.78 is 32.8. The molecule has 1 amide bonds. The Morgan fingerprint density at radius 2 is 1.89 bits per heavy atom. The van der Waals surface area contributed by atoms with E-state index in [-0.39, 0.29) is 11.3 Å². The summed E-state index contributed by atoms with van der Waals surface area (Å²) >= 11 is 0. The lowest BCUT2D eigenvalue weighted by Crippen LogP contribution is -2.45. The van der Waals surface area contributed by atoms with Crippen LogP contribution in [0.4, 0.5) is 5.69 Å². The fourth-order valence-corrected chi connectivity index (χ4v) is 4.94. The normalized spacial score (nSPS) is 16.3. The number of oxazole rings is 1. The fraction of sp³-hybridized carbons (Fsp3) is 0.158. The van der Waals surface area contributed by atoms with Gasteiger partial charge in [0.25, 0.3) is 10.0 Å². The van der Waals surface area contributed by atoms with Crippen LogP contribution in [0, 0.1) is 6.92 Å². The first-order chi connectivity index (χ1) is 12.9. The first kappa shape index (κ1) is 17.3. The van der Waals surface area contributed by atoms with Gasteiger partial charge in [0.05, 0.1) is 10.6 Å². The molecule has 0 aliphatic carbocycles. The Labute approximate surface area is 156 Å². The molecule has 0 fully saturated rings. The highest BCUT2D eigenvalue weighted by Crippen LogP contribution is 2.37. The van der Waals surface area contributed by atoms with E-state index in [0.717, 1.165) is 15.4 Å². The summed E-state index contributed by atoms with van der Waals surface area (Å²) in [6.45, 7) is 1.73. The van der Waals surface area contributed by atoms with E-state index >= 15 is 0 Å². The molecule has 138 valence electrons. The van der Waals surface area contributed by atoms with E-state index in [1.807, 2.05) is 6.07 Å². The summed E-state index contributed by atoms with van der Waals surface area (Å²) in [7, 11) is -3.95. The zero-order valence-corrected chi connectivity index (χ0v) is 15.3. The van der Waals surface area contributed by atoms with Crippen molar-refractivity contribution in [3.05, 3.63) is 66.2 Å². The van der Waals surface area contributed by atoms with E-state index in [1.54, 1.807) is 37.3 Å². The van der Waals surface area contributed by atoms with Crippen LogP contribution in [0.25, 0.3) is 11.3 Å². The van der Waals surface area contributed by atoms with Crippen LogP contribution in [0.5, 0.6) is 0 Å². The van der Waals surface area contributed by atoms with Crippen molar-refractivity contribution in [1.82, 2.24) is 4.98 Å². The van der Waals surface area contributed by atoms with Crippen molar-refractivity contribution in [3.8, 4) is 11.3 Å². The smallest absolute Gasteiger partial charge is 0.265 e. The molecule has 2 N–H and O–H groups in total. The molecule has 2 aromatic carbocycles. The third-order valence-electron chi connectivity index (χ3n) is 4.58. The van der Waals surface area contributed by atoms with E-state index < -0.39 is 22.0 Å². The molecule has 7 nitrogen and oxygen atoms in total. The molecule has 0 bridgehead atoms. The Morgan fingerprint density at radius 3 is 2.52 bits per heavy atom. The molecule has 0 saturated heterocycles. The number of rotatable bonds is 4. The number of carbonyl (C=O) groups is 1. The molecule has 1 atom stereocenters. The van der Waals surface area contributed by atoms with E-state index in [9.17, 15) is 13.2 Å². The van der Waals surface area contributed by atoms with Crippen LogP contribution in [0.15, 0.2) is 64.1 Å². The second-order valence-corrected chi connectivity index (χ2v) is 8.14. The summed E-state index contributed by atoms with van der Waals surface area (Å²) in [5, 5.41) is 0. The Bertz CT molecular complexity index is 1120. The molecule has 8 heteroatoms. The predicted molar refractivity (Wildman–Crippen MR) is 99.5 cm³/mol. The number of nitrogens with zero attached hydrogens (tertiary/aromatic N) is 2. The molecule has 3 aromatic rings. The first-order valence-corrected chi connectivity index (χ1v) is 9.76. The number of aryl methyl sites for hydroxylation is 1. The topological polar surface area (TPSA) is 107 Å². The van der Waals surface area contributed by atoms with Crippen LogP contribution < -0.4 is 10.0 Å². The van der Waals surface area contributed by atoms with Gasteiger partial charge in [-0.1, -0.05) is 30.3 Å². The highest BCUT2D eigenvalue weighted by molar-refractivity contribution is 7.93. The molecule has 0 saturated carbocycles. The number of primary amides is 1. The first-order valence-electron chi connectivity index (χ1n) is 8.32. The third-order valence-corrected chi connectivity index (χ3v) is 6.42. The summed E-state index contributed by atoms with van der Waals surface area (Å²) in [6, 6.07) is 12.4. The molecular formula is C19H17N3O4S. The number of hydrogen-bond acceptors (Lipinski definition) is 5. The Morgan fingerprint density at radius 1 is 1.19 bits per heavy atom. The highest BCUT2D eigenvalue weighted by atomic mass is 32.2. The van der Waals surface area contributed by atoms with Crippen LogP contribution in [-0.4, -0.2) is 25.4 Å². The maximum Gasteiger partial charge on any atom is 0.265 e. The zero-order valence-electron chi connectivity index (χ0n) is 14.5. The van der Waals surface area contributed by atoms with Gasteiger partial charge in [-0.15, -0.1) is 0 Å². The van der Waals surface area contributed by atoms with Gasteiger partial charge in [-0.05, 0) is 23.8 Å². The number of aromatic nitrogens is 1. The molecule has 0 spiro atoms. The van der Waals surface area contributed by atoms with Crippen molar-refractivity contribution in [2.75, 3.05) is 4.31 Å². The number of nitrogens with two attached hydrogens (primary N) is 1. The maximum absolute atomic E-state index is 13.2. The molecule has 1 aliphatic heterocycles. The molecule has 0 radical (unpaired) electrons. The van der Waals surface area contributed by atoms with Crippen LogP contribution in [0.1, 0.15) is 11.5 Å². The summed E-state index contributed by atoms with van der Waals surface area (Å²) in [5.41, 5.74) is 8.10. The highest BCUT2D eigenvalue weighted by Gasteiger charge is 2.41. The lowest BCUT2D eigenvalue weighted by Gasteiger charge is -2.25. The Kier molecular flexibility index (Phi) is 4.00. The SMILES string of the molecule is Cc1nc(-c2ccc(S(=O)(=O)N3c4ccccc4C[C@H]3C(N)=O)cc2)co1. The number of benzene rings is 2. The van der Waals surface area contributed by atoms with Crippen molar-refractivity contribution in [1.29, 1.82) is 0 Å². The largest absolute Gasteiger partial charge is 0.449 e. The van der Waals surface area contributed by atoms with Crippen LogP contribution in [0.3, 0.4) is 0 Å². The van der Waals surface area contributed by atoms with Crippen molar-refractivity contribution in [3.63, 3.8) is 0 Å². The van der Waals surface area contributed by atoms with E-state index in [4.69, 9.17) is 10.2 Å². The standard InChI is InChI=1S/C19H17N3O4S/c1-12-21-16(11-26-12)13-6-8-15(9-7-13)27(24,25)22-17-5-3-2-4-14(17)10-18(22)19(20)23/h2-9,11,18H,10H2,1H3,(H2,20,23)/t18-/m0/s1. The van der Waals surface area contributed by atoms with Gasteiger partial charge in [0.15, 0.2) is 5.89 Å². The van der Waals surface area contributed by atoms with Crippen molar-refractivity contribution in [2.45, 2.75) is 24.3 Å². The van der Waals surface area contributed by atoms with Gasteiger partial charge in [-0.2, -0.15) is 0 Å². The van der Waals surface area contributed by atoms with E-state index in [1.165, 1.54) is 18.4 Å². The van der Waals surface area contributed by atoms with Gasteiger partial charge in [0.2, 0.25) is 5.91 Å². The van der Waals surface area contributed by atoms with Crippen LogP contribution >= 0.6 is 0 Å². The monoisotopic (exact) mass is 383 g/mol. The number of carbonyl (C=O) groups excluding carboxylic acids is 1. The van der Waals surface area contributed by atoms with Crippen molar-refractivity contribution >= 4 is 21.6 Å². The minimum absolute atomic E-state index is 0.0782. The van der Waals surface area contributed by atoms with Gasteiger partial charge in [0, 0.05) is 18.9 Å². The van der Waals surface area contributed by atoms with Gasteiger partial charge in [-0.25, -0.2) is 13.4 Å². The second-order valence-electron chi connectivity index (χ2n) is 6.33. The summed E-state index contributed by atoms with van der Waals surface area (Å²) in [4.78, 5) is 16.2. The minimum Gasteiger partial charge on any atom is -0.449 e. The lowest BCUT2D eigenvalue weighted by atomic mass is 10.1. The number of anilines is 1. The molecule has 0 unspecified atom stereocenters. The molecule has 27 heavy (non-hydrogen) atoms. The quantitative estimate of drug-likeness (QED) is 0.744. The van der Waals surface area contributed by atoms with Crippen LogP contribution in [0.2, 0.25) is 0 Å². The second kappa shape index (κ2) is 6.24. The van der Waals surface area contributed by atoms with Gasteiger partial charge >= 0.3 is 0 Å².